The molecule has 0 amide bonds. The Bertz CT molecular complexity index is 474. The first-order valence-electron chi connectivity index (χ1n) is 7.05. The van der Waals surface area contributed by atoms with E-state index in [0.717, 1.165) is 13.0 Å². The minimum absolute atomic E-state index is 0.267. The Morgan fingerprint density at radius 3 is 2.63 bits per heavy atom. The molecule has 3 heteroatoms. The van der Waals surface area contributed by atoms with E-state index in [2.05, 4.69) is 63.1 Å². The first-order valence-corrected chi connectivity index (χ1v) is 9.95. The zero-order valence-electron chi connectivity index (χ0n) is 12.7. The smallest absolute Gasteiger partial charge is 0.192 e. The topological polar surface area (TPSA) is 21.6 Å². The molecular weight excluding hydrogens is 250 g/mol. The predicted octanol–water partition coefficient (Wildman–Crippen LogP) is 4.05. The van der Waals surface area contributed by atoms with Gasteiger partial charge in [0, 0.05) is 6.21 Å². The highest BCUT2D eigenvalue weighted by atomic mass is 28.4. The molecule has 1 aliphatic heterocycles. The highest BCUT2D eigenvalue weighted by Crippen LogP contribution is 2.36. The molecule has 1 atom stereocenters. The lowest BCUT2D eigenvalue weighted by molar-refractivity contribution is 0.262. The molecule has 2 rings (SSSR count). The van der Waals surface area contributed by atoms with Gasteiger partial charge in [-0.05, 0) is 35.7 Å². The van der Waals surface area contributed by atoms with Gasteiger partial charge in [-0.1, -0.05) is 45.0 Å². The molecule has 2 nitrogen and oxygen atoms in total. The lowest BCUT2D eigenvalue weighted by Gasteiger charge is -2.37. The summed E-state index contributed by atoms with van der Waals surface area (Å²) in [5.74, 6) is 0. The van der Waals surface area contributed by atoms with Crippen LogP contribution >= 0.6 is 0 Å². The Hall–Kier alpha value is -0.933. The minimum atomic E-state index is -1.65. The molecule has 0 bridgehead atoms. The number of hydrogen-bond donors (Lipinski definition) is 0. The quantitative estimate of drug-likeness (QED) is 0.763. The van der Waals surface area contributed by atoms with E-state index >= 15 is 0 Å². The van der Waals surface area contributed by atoms with Crippen molar-refractivity contribution in [1.82, 2.24) is 0 Å². The molecular formula is C16H25NOSi. The van der Waals surface area contributed by atoms with Gasteiger partial charge in [-0.2, -0.15) is 0 Å². The van der Waals surface area contributed by atoms with E-state index in [9.17, 15) is 0 Å². The van der Waals surface area contributed by atoms with Crippen LogP contribution in [0.2, 0.25) is 18.1 Å². The van der Waals surface area contributed by atoms with E-state index in [-0.39, 0.29) is 11.1 Å². The molecule has 104 valence electrons. The van der Waals surface area contributed by atoms with Crippen LogP contribution in [-0.2, 0) is 10.8 Å². The summed E-state index contributed by atoms with van der Waals surface area (Å²) in [5, 5.41) is 0.267. The third kappa shape index (κ3) is 3.34. The largest absolute Gasteiger partial charge is 0.415 e. The fraction of sp³-hybridized carbons (Fsp3) is 0.562. The zero-order valence-corrected chi connectivity index (χ0v) is 13.7. The number of hydrogen-bond acceptors (Lipinski definition) is 2. The Morgan fingerprint density at radius 1 is 1.26 bits per heavy atom. The van der Waals surface area contributed by atoms with E-state index < -0.39 is 8.32 Å². The molecule has 1 heterocycles. The Morgan fingerprint density at radius 2 is 1.95 bits per heavy atom. The van der Waals surface area contributed by atoms with Crippen molar-refractivity contribution >= 4 is 14.5 Å². The van der Waals surface area contributed by atoms with Gasteiger partial charge in [-0.25, -0.2) is 0 Å². The molecule has 19 heavy (non-hydrogen) atoms. The van der Waals surface area contributed by atoms with Gasteiger partial charge in [-0.15, -0.1) is 0 Å². The van der Waals surface area contributed by atoms with Gasteiger partial charge in [-0.3, -0.25) is 4.99 Å². The van der Waals surface area contributed by atoms with Crippen LogP contribution in [0.5, 0.6) is 0 Å². The maximum Gasteiger partial charge on any atom is 0.192 e. The molecule has 0 spiro atoms. The standard InChI is InChI=1S/C16H25NOSi/c1-16(2,3)19(4,5)18-12-15-10-13-8-6-7-9-14(13)11-17-15/h6-9,11,15H,10,12H2,1-5H3/t15-/m0/s1. The molecule has 0 fully saturated rings. The van der Waals surface area contributed by atoms with Crippen molar-refractivity contribution in [1.29, 1.82) is 0 Å². The van der Waals surface area contributed by atoms with Crippen molar-refractivity contribution in [3.05, 3.63) is 35.4 Å². The molecule has 1 aromatic rings. The van der Waals surface area contributed by atoms with Gasteiger partial charge in [0.15, 0.2) is 8.32 Å². The van der Waals surface area contributed by atoms with Gasteiger partial charge >= 0.3 is 0 Å². The maximum atomic E-state index is 6.27. The summed E-state index contributed by atoms with van der Waals surface area (Å²) >= 11 is 0. The van der Waals surface area contributed by atoms with Gasteiger partial charge in [0.1, 0.15) is 0 Å². The second-order valence-electron chi connectivity index (χ2n) is 6.91. The van der Waals surface area contributed by atoms with Crippen molar-refractivity contribution in [3.8, 4) is 0 Å². The highest BCUT2D eigenvalue weighted by molar-refractivity contribution is 6.74. The van der Waals surface area contributed by atoms with Crippen LogP contribution in [0, 0.1) is 0 Å². The first-order chi connectivity index (χ1) is 8.79. The lowest BCUT2D eigenvalue weighted by Crippen LogP contribution is -2.42. The summed E-state index contributed by atoms with van der Waals surface area (Å²) in [4.78, 5) is 4.63. The summed E-state index contributed by atoms with van der Waals surface area (Å²) in [6.07, 6.45) is 3.00. The Kier molecular flexibility index (Phi) is 3.97. The van der Waals surface area contributed by atoms with E-state index in [1.54, 1.807) is 0 Å². The van der Waals surface area contributed by atoms with Crippen molar-refractivity contribution < 1.29 is 4.43 Å². The second kappa shape index (κ2) is 5.21. The SMILES string of the molecule is CC(C)(C)[Si](C)(C)OC[C@@H]1Cc2ccccc2C=N1. The predicted molar refractivity (Wildman–Crippen MR) is 84.7 cm³/mol. The maximum absolute atomic E-state index is 6.27. The molecule has 0 saturated carbocycles. The van der Waals surface area contributed by atoms with E-state index in [1.165, 1.54) is 11.1 Å². The third-order valence-corrected chi connectivity index (χ3v) is 8.88. The number of fused-ring (bicyclic) bond motifs is 1. The molecule has 0 saturated heterocycles. The minimum Gasteiger partial charge on any atom is -0.415 e. The molecule has 1 aliphatic rings. The third-order valence-electron chi connectivity index (χ3n) is 4.38. The van der Waals surface area contributed by atoms with Crippen LogP contribution in [0.25, 0.3) is 0 Å². The number of nitrogens with zero attached hydrogens (tertiary/aromatic N) is 1. The lowest BCUT2D eigenvalue weighted by atomic mass is 9.99. The first kappa shape index (κ1) is 14.5. The van der Waals surface area contributed by atoms with Crippen LogP contribution in [0.3, 0.4) is 0 Å². The fourth-order valence-electron chi connectivity index (χ4n) is 1.96. The summed E-state index contributed by atoms with van der Waals surface area (Å²) in [5.41, 5.74) is 2.65. The van der Waals surface area contributed by atoms with Crippen molar-refractivity contribution in [3.63, 3.8) is 0 Å². The molecule has 0 aliphatic carbocycles. The van der Waals surface area contributed by atoms with Gasteiger partial charge in [0.05, 0.1) is 12.6 Å². The van der Waals surface area contributed by atoms with Gasteiger partial charge < -0.3 is 4.43 Å². The van der Waals surface area contributed by atoms with E-state index in [1.807, 2.05) is 6.21 Å². The molecule has 0 N–H and O–H groups in total. The zero-order chi connectivity index (χ0) is 14.1. The molecule has 1 aromatic carbocycles. The fourth-order valence-corrected chi connectivity index (χ4v) is 3.00. The van der Waals surface area contributed by atoms with Gasteiger partial charge in [0.2, 0.25) is 0 Å². The van der Waals surface area contributed by atoms with Gasteiger partial charge in [0.25, 0.3) is 0 Å². The van der Waals surface area contributed by atoms with E-state index in [0.29, 0.717) is 0 Å². The summed E-state index contributed by atoms with van der Waals surface area (Å²) < 4.78 is 6.27. The summed E-state index contributed by atoms with van der Waals surface area (Å²) in [6.45, 7) is 12.2. The van der Waals surface area contributed by atoms with Crippen LogP contribution in [0.15, 0.2) is 29.3 Å². The Labute approximate surface area is 118 Å². The van der Waals surface area contributed by atoms with Crippen molar-refractivity contribution in [2.45, 2.75) is 51.4 Å². The number of aliphatic imine (C=N–C) groups is 1. The average Bonchev–Trinajstić information content (AvgIpc) is 2.35. The normalized spacial score (nSPS) is 19.3. The molecule has 0 aromatic heterocycles. The second-order valence-corrected chi connectivity index (χ2v) is 11.7. The number of benzene rings is 1. The monoisotopic (exact) mass is 275 g/mol. The van der Waals surface area contributed by atoms with Crippen molar-refractivity contribution in [2.75, 3.05) is 6.61 Å². The van der Waals surface area contributed by atoms with Crippen LogP contribution in [-0.4, -0.2) is 27.2 Å². The van der Waals surface area contributed by atoms with E-state index in [4.69, 9.17) is 4.43 Å². The van der Waals surface area contributed by atoms with Crippen LogP contribution < -0.4 is 0 Å². The Balaban J connectivity index is 1.97. The van der Waals surface area contributed by atoms with Crippen LogP contribution in [0.4, 0.5) is 0 Å². The van der Waals surface area contributed by atoms with Crippen LogP contribution in [0.1, 0.15) is 31.9 Å². The highest BCUT2D eigenvalue weighted by Gasteiger charge is 2.37. The average molecular weight is 275 g/mol. The molecule has 0 radical (unpaired) electrons. The number of rotatable bonds is 3. The van der Waals surface area contributed by atoms with Crippen molar-refractivity contribution in [2.24, 2.45) is 4.99 Å². The summed E-state index contributed by atoms with van der Waals surface area (Å²) in [7, 11) is -1.65. The summed E-state index contributed by atoms with van der Waals surface area (Å²) in [6, 6.07) is 8.77. The molecule has 0 unspecified atom stereocenters.